The van der Waals surface area contributed by atoms with Crippen molar-refractivity contribution in [3.05, 3.63) is 29.3 Å². The largest absolute Gasteiger partial charge is 0.493 e. The van der Waals surface area contributed by atoms with Crippen LogP contribution in [0.3, 0.4) is 0 Å². The minimum Gasteiger partial charge on any atom is -0.493 e. The highest BCUT2D eigenvalue weighted by Gasteiger charge is 2.15. The molecule has 1 amide bonds. The van der Waals surface area contributed by atoms with Crippen molar-refractivity contribution >= 4 is 24.1 Å². The van der Waals surface area contributed by atoms with Gasteiger partial charge in [0.25, 0.3) is 0 Å². The summed E-state index contributed by atoms with van der Waals surface area (Å²) in [4.78, 5) is 21.1. The molecule has 1 aromatic rings. The number of carboxylic acid groups (broad SMARTS) is 1. The summed E-state index contributed by atoms with van der Waals surface area (Å²) in [5.74, 6) is 1.29. The van der Waals surface area contributed by atoms with Crippen LogP contribution in [0.4, 0.5) is 0 Å². The maximum Gasteiger partial charge on any atom is 0.326 e. The van der Waals surface area contributed by atoms with Crippen LogP contribution in [0.25, 0.3) is 0 Å². The van der Waals surface area contributed by atoms with Gasteiger partial charge in [-0.25, -0.2) is 4.79 Å². The third-order valence-electron chi connectivity index (χ3n) is 2.81. The lowest BCUT2D eigenvalue weighted by Crippen LogP contribution is -2.36. The molecule has 2 N–H and O–H groups in total. The second kappa shape index (κ2) is 9.28. The van der Waals surface area contributed by atoms with Crippen LogP contribution in [-0.4, -0.2) is 41.6 Å². The van der Waals surface area contributed by atoms with Gasteiger partial charge >= 0.3 is 5.97 Å². The van der Waals surface area contributed by atoms with Crippen LogP contribution < -0.4 is 10.1 Å². The highest BCUT2D eigenvalue weighted by molar-refractivity contribution is 7.99. The van der Waals surface area contributed by atoms with E-state index in [4.69, 9.17) is 9.84 Å². The van der Waals surface area contributed by atoms with Gasteiger partial charge in [-0.3, -0.25) is 4.79 Å². The van der Waals surface area contributed by atoms with Crippen LogP contribution in [0.2, 0.25) is 0 Å². The van der Waals surface area contributed by atoms with Crippen molar-refractivity contribution in [1.29, 1.82) is 0 Å². The summed E-state index contributed by atoms with van der Waals surface area (Å²) in [5, 5.41) is 11.1. The third-order valence-corrected chi connectivity index (χ3v) is 3.79. The zero-order chi connectivity index (χ0) is 15.7. The van der Waals surface area contributed by atoms with E-state index in [1.54, 1.807) is 11.8 Å². The normalized spacial score (nSPS) is 11.7. The van der Waals surface area contributed by atoms with Gasteiger partial charge in [-0.2, -0.15) is 11.8 Å². The predicted molar refractivity (Wildman–Crippen MR) is 84.0 cm³/mol. The van der Waals surface area contributed by atoms with E-state index in [9.17, 15) is 9.59 Å². The van der Waals surface area contributed by atoms with Crippen molar-refractivity contribution in [2.45, 2.75) is 26.3 Å². The van der Waals surface area contributed by atoms with Crippen LogP contribution in [0.5, 0.6) is 5.75 Å². The summed E-state index contributed by atoms with van der Waals surface area (Å²) in [6, 6.07) is 5.27. The van der Waals surface area contributed by atoms with Gasteiger partial charge in [0.15, 0.2) is 0 Å². The number of amides is 1. The third kappa shape index (κ3) is 7.04. The minimum absolute atomic E-state index is 0.405. The van der Waals surface area contributed by atoms with Crippen molar-refractivity contribution in [3.63, 3.8) is 0 Å². The summed E-state index contributed by atoms with van der Waals surface area (Å²) in [6.45, 7) is 4.63. The number of carboxylic acids is 1. The highest BCUT2D eigenvalue weighted by Crippen LogP contribution is 2.16. The molecule has 5 nitrogen and oxygen atoms in total. The number of aliphatic carboxylic acids is 1. The average molecular weight is 311 g/mol. The molecule has 0 fully saturated rings. The number of thioether (sulfide) groups is 1. The molecule has 0 aliphatic carbocycles. The monoisotopic (exact) mass is 311 g/mol. The molecule has 21 heavy (non-hydrogen) atoms. The maximum absolute atomic E-state index is 10.8. The van der Waals surface area contributed by atoms with E-state index >= 15 is 0 Å². The molecule has 116 valence electrons. The molecule has 0 saturated heterocycles. The molecule has 1 atom stereocenters. The molecular formula is C15H21NO4S. The zero-order valence-corrected chi connectivity index (χ0v) is 13.1. The van der Waals surface area contributed by atoms with E-state index in [-0.39, 0.29) is 0 Å². The highest BCUT2D eigenvalue weighted by atomic mass is 32.2. The summed E-state index contributed by atoms with van der Waals surface area (Å²) in [5.41, 5.74) is 2.34. The molecule has 0 aromatic heterocycles. The lowest BCUT2D eigenvalue weighted by atomic mass is 10.1. The lowest BCUT2D eigenvalue weighted by molar-refractivity contribution is -0.140. The topological polar surface area (TPSA) is 75.6 Å². The van der Waals surface area contributed by atoms with Gasteiger partial charge < -0.3 is 15.2 Å². The van der Waals surface area contributed by atoms with E-state index in [0.717, 1.165) is 11.5 Å². The van der Waals surface area contributed by atoms with E-state index in [2.05, 4.69) is 11.4 Å². The molecule has 1 unspecified atom stereocenters. The number of rotatable bonds is 10. The number of hydrogen-bond donors (Lipinski definition) is 2. The number of nitrogens with one attached hydrogen (secondary N) is 1. The first-order valence-corrected chi connectivity index (χ1v) is 7.89. The number of carbonyl (C=O) groups is 2. The SMILES string of the molecule is Cc1cc(C)cc(OCCSCCC(NC=O)C(=O)O)c1. The van der Waals surface area contributed by atoms with Crippen LogP contribution in [-0.2, 0) is 9.59 Å². The average Bonchev–Trinajstić information content (AvgIpc) is 2.40. The first-order valence-electron chi connectivity index (χ1n) is 6.74. The Labute approximate surface area is 129 Å². The fraction of sp³-hybridized carbons (Fsp3) is 0.467. The molecule has 0 bridgehead atoms. The Hall–Kier alpha value is -1.69. The Morgan fingerprint density at radius 1 is 1.33 bits per heavy atom. The molecule has 0 aliphatic heterocycles. The van der Waals surface area contributed by atoms with Gasteiger partial charge in [-0.15, -0.1) is 0 Å². The summed E-state index contributed by atoms with van der Waals surface area (Å²) < 4.78 is 5.66. The van der Waals surface area contributed by atoms with Gasteiger partial charge in [-0.05, 0) is 49.3 Å². The Morgan fingerprint density at radius 3 is 2.57 bits per heavy atom. The molecule has 0 aliphatic rings. The number of aryl methyl sites for hydroxylation is 2. The Morgan fingerprint density at radius 2 is 2.00 bits per heavy atom. The maximum atomic E-state index is 10.8. The molecular weight excluding hydrogens is 290 g/mol. The van der Waals surface area contributed by atoms with Gasteiger partial charge in [0.1, 0.15) is 11.8 Å². The molecule has 1 rings (SSSR count). The van der Waals surface area contributed by atoms with Gasteiger partial charge in [0, 0.05) is 5.75 Å². The number of benzene rings is 1. The van der Waals surface area contributed by atoms with Crippen molar-refractivity contribution in [2.75, 3.05) is 18.1 Å². The summed E-state index contributed by atoms with van der Waals surface area (Å²) >= 11 is 1.61. The standard InChI is InChI=1S/C15H21NO4S/c1-11-7-12(2)9-13(8-11)20-4-6-21-5-3-14(15(18)19)16-10-17/h7-10,14H,3-6H2,1-2H3,(H,16,17)(H,18,19). The van der Waals surface area contributed by atoms with Gasteiger partial charge in [0.2, 0.25) is 6.41 Å². The predicted octanol–water partition coefficient (Wildman–Crippen LogP) is 2.00. The van der Waals surface area contributed by atoms with Crippen molar-refractivity contribution in [2.24, 2.45) is 0 Å². The quantitative estimate of drug-likeness (QED) is 0.510. The summed E-state index contributed by atoms with van der Waals surface area (Å²) in [6.07, 6.45) is 0.828. The summed E-state index contributed by atoms with van der Waals surface area (Å²) in [7, 11) is 0. The second-order valence-corrected chi connectivity index (χ2v) is 5.97. The first-order chi connectivity index (χ1) is 10.0. The smallest absolute Gasteiger partial charge is 0.326 e. The molecule has 1 aromatic carbocycles. The van der Waals surface area contributed by atoms with Gasteiger partial charge in [-0.1, -0.05) is 6.07 Å². The molecule has 0 saturated carbocycles. The zero-order valence-electron chi connectivity index (χ0n) is 12.3. The number of hydrogen-bond acceptors (Lipinski definition) is 4. The first kappa shape index (κ1) is 17.4. The van der Waals surface area contributed by atoms with Crippen molar-refractivity contribution in [3.8, 4) is 5.75 Å². The van der Waals surface area contributed by atoms with Crippen molar-refractivity contribution < 1.29 is 19.4 Å². The van der Waals surface area contributed by atoms with E-state index in [1.165, 1.54) is 11.1 Å². The van der Waals surface area contributed by atoms with Crippen LogP contribution in [0.1, 0.15) is 17.5 Å². The number of ether oxygens (including phenoxy) is 1. The van der Waals surface area contributed by atoms with E-state index < -0.39 is 12.0 Å². The van der Waals surface area contributed by atoms with Crippen LogP contribution in [0.15, 0.2) is 18.2 Å². The molecule has 0 radical (unpaired) electrons. The van der Waals surface area contributed by atoms with Crippen molar-refractivity contribution in [1.82, 2.24) is 5.32 Å². The van der Waals surface area contributed by atoms with E-state index in [1.807, 2.05) is 26.0 Å². The fourth-order valence-electron chi connectivity index (χ4n) is 1.90. The second-order valence-electron chi connectivity index (χ2n) is 4.75. The van der Waals surface area contributed by atoms with E-state index in [0.29, 0.717) is 25.2 Å². The number of carbonyl (C=O) groups excluding carboxylic acids is 1. The molecule has 0 spiro atoms. The fourth-order valence-corrected chi connectivity index (χ4v) is 2.71. The molecule has 0 heterocycles. The molecule has 6 heteroatoms. The lowest BCUT2D eigenvalue weighted by Gasteiger charge is -2.11. The Bertz CT molecular complexity index is 458. The van der Waals surface area contributed by atoms with Crippen LogP contribution >= 0.6 is 11.8 Å². The minimum atomic E-state index is -1.01. The Balaban J connectivity index is 2.19. The Kier molecular flexibility index (Phi) is 7.68. The van der Waals surface area contributed by atoms with Gasteiger partial charge in [0.05, 0.1) is 6.61 Å². The van der Waals surface area contributed by atoms with Crippen LogP contribution in [0, 0.1) is 13.8 Å².